The normalized spacial score (nSPS) is 20.6. The molecule has 1 aromatic carbocycles. The number of unbranched alkanes of at least 4 members (excludes halogenated alkanes) is 1. The highest BCUT2D eigenvalue weighted by Gasteiger charge is 2.32. The SMILES string of the molecule is CCCCC(CC)C1=C(c2ccc(S(N)=O)cc2)OC(C)N1C. The third-order valence-electron chi connectivity index (χ3n) is 4.58. The Morgan fingerprint density at radius 3 is 2.48 bits per heavy atom. The Balaban J connectivity index is 2.38. The van der Waals surface area contributed by atoms with Gasteiger partial charge in [0, 0.05) is 18.5 Å². The minimum Gasteiger partial charge on any atom is -0.468 e. The van der Waals surface area contributed by atoms with Gasteiger partial charge in [0.05, 0.1) is 10.6 Å². The van der Waals surface area contributed by atoms with Crippen molar-refractivity contribution in [1.82, 2.24) is 4.90 Å². The third-order valence-corrected chi connectivity index (χ3v) is 5.32. The number of hydrogen-bond acceptors (Lipinski definition) is 3. The zero-order chi connectivity index (χ0) is 17.0. The van der Waals surface area contributed by atoms with Crippen LogP contribution in [-0.2, 0) is 15.7 Å². The predicted molar refractivity (Wildman–Crippen MR) is 95.6 cm³/mol. The zero-order valence-electron chi connectivity index (χ0n) is 14.5. The Bertz CT molecular complexity index is 583. The highest BCUT2D eigenvalue weighted by molar-refractivity contribution is 7.82. The molecule has 0 saturated heterocycles. The number of nitrogens with two attached hydrogens (primary N) is 1. The second-order valence-electron chi connectivity index (χ2n) is 6.11. The van der Waals surface area contributed by atoms with Crippen LogP contribution in [0.15, 0.2) is 34.9 Å². The van der Waals surface area contributed by atoms with Gasteiger partial charge in [0.25, 0.3) is 0 Å². The van der Waals surface area contributed by atoms with E-state index in [4.69, 9.17) is 9.88 Å². The summed E-state index contributed by atoms with van der Waals surface area (Å²) in [5.74, 6) is 1.46. The number of allylic oxidation sites excluding steroid dienone is 1. The van der Waals surface area contributed by atoms with Crippen molar-refractivity contribution in [2.24, 2.45) is 11.1 Å². The first-order valence-corrected chi connectivity index (χ1v) is 9.61. The summed E-state index contributed by atoms with van der Waals surface area (Å²) in [5.41, 5.74) is 2.32. The van der Waals surface area contributed by atoms with Gasteiger partial charge in [-0.15, -0.1) is 0 Å². The monoisotopic (exact) mass is 336 g/mol. The Morgan fingerprint density at radius 1 is 1.30 bits per heavy atom. The average molecular weight is 337 g/mol. The number of nitrogens with zero attached hydrogens (tertiary/aromatic N) is 1. The molecule has 23 heavy (non-hydrogen) atoms. The predicted octanol–water partition coefficient (Wildman–Crippen LogP) is 3.86. The highest BCUT2D eigenvalue weighted by Crippen LogP contribution is 2.38. The van der Waals surface area contributed by atoms with E-state index in [-0.39, 0.29) is 6.23 Å². The molecular formula is C18H28N2O2S. The van der Waals surface area contributed by atoms with Crippen LogP contribution in [0.5, 0.6) is 0 Å². The summed E-state index contributed by atoms with van der Waals surface area (Å²) in [7, 11) is 0.659. The second-order valence-corrected chi connectivity index (χ2v) is 7.18. The van der Waals surface area contributed by atoms with Gasteiger partial charge in [-0.3, -0.25) is 0 Å². The van der Waals surface area contributed by atoms with E-state index in [2.05, 4.69) is 32.7 Å². The van der Waals surface area contributed by atoms with E-state index in [9.17, 15) is 4.21 Å². The van der Waals surface area contributed by atoms with Gasteiger partial charge in [0.1, 0.15) is 16.7 Å². The lowest BCUT2D eigenvalue weighted by atomic mass is 9.93. The van der Waals surface area contributed by atoms with Crippen molar-refractivity contribution in [3.63, 3.8) is 0 Å². The van der Waals surface area contributed by atoms with Gasteiger partial charge in [-0.2, -0.15) is 0 Å². The summed E-state index contributed by atoms with van der Waals surface area (Å²) in [6, 6.07) is 7.53. The third kappa shape index (κ3) is 3.96. The van der Waals surface area contributed by atoms with E-state index in [0.29, 0.717) is 10.8 Å². The molecule has 2 rings (SSSR count). The zero-order valence-corrected chi connectivity index (χ0v) is 15.4. The van der Waals surface area contributed by atoms with E-state index >= 15 is 0 Å². The number of rotatable bonds is 7. The molecule has 0 radical (unpaired) electrons. The van der Waals surface area contributed by atoms with Crippen LogP contribution in [0.25, 0.3) is 5.76 Å². The van der Waals surface area contributed by atoms with Crippen molar-refractivity contribution in [1.29, 1.82) is 0 Å². The van der Waals surface area contributed by atoms with Gasteiger partial charge in [-0.25, -0.2) is 9.35 Å². The highest BCUT2D eigenvalue weighted by atomic mass is 32.2. The molecule has 0 spiro atoms. The molecule has 1 aromatic rings. The standard InChI is InChI=1S/C18H28N2O2S/c1-5-7-8-14(6-2)17-18(22-13(3)20(17)4)15-9-11-16(12-10-15)23(19)21/h9-14H,5-8,19H2,1-4H3. The van der Waals surface area contributed by atoms with Crippen LogP contribution in [0.3, 0.4) is 0 Å². The van der Waals surface area contributed by atoms with Gasteiger partial charge in [0.15, 0.2) is 6.23 Å². The van der Waals surface area contributed by atoms with E-state index in [1.54, 1.807) is 0 Å². The van der Waals surface area contributed by atoms with Crippen LogP contribution in [0.1, 0.15) is 52.0 Å². The summed E-state index contributed by atoms with van der Waals surface area (Å²) in [4.78, 5) is 2.88. The minimum absolute atomic E-state index is 0.0407. The van der Waals surface area contributed by atoms with Crippen LogP contribution in [-0.4, -0.2) is 22.4 Å². The molecule has 1 aliphatic heterocycles. The van der Waals surface area contributed by atoms with Crippen LogP contribution >= 0.6 is 0 Å². The molecule has 4 nitrogen and oxygen atoms in total. The molecule has 0 saturated carbocycles. The lowest BCUT2D eigenvalue weighted by Gasteiger charge is -2.25. The molecule has 0 aliphatic carbocycles. The van der Waals surface area contributed by atoms with Crippen molar-refractivity contribution in [3.05, 3.63) is 35.5 Å². The van der Waals surface area contributed by atoms with E-state index < -0.39 is 11.0 Å². The summed E-state index contributed by atoms with van der Waals surface area (Å²) < 4.78 is 17.5. The number of ether oxygens (including phenoxy) is 1. The average Bonchev–Trinajstić information content (AvgIpc) is 2.84. The topological polar surface area (TPSA) is 55.6 Å². The van der Waals surface area contributed by atoms with Gasteiger partial charge in [-0.1, -0.05) is 26.7 Å². The fraction of sp³-hybridized carbons (Fsp3) is 0.556. The van der Waals surface area contributed by atoms with Crippen molar-refractivity contribution < 1.29 is 8.95 Å². The number of hydrogen-bond donors (Lipinski definition) is 1. The van der Waals surface area contributed by atoms with E-state index in [0.717, 1.165) is 17.7 Å². The molecule has 0 aromatic heterocycles. The molecular weight excluding hydrogens is 308 g/mol. The largest absolute Gasteiger partial charge is 0.468 e. The van der Waals surface area contributed by atoms with Crippen LogP contribution in [0.2, 0.25) is 0 Å². The molecule has 0 fully saturated rings. The first-order valence-electron chi connectivity index (χ1n) is 8.39. The van der Waals surface area contributed by atoms with Crippen LogP contribution in [0.4, 0.5) is 0 Å². The maximum Gasteiger partial charge on any atom is 0.169 e. The van der Waals surface area contributed by atoms with Gasteiger partial charge < -0.3 is 9.64 Å². The molecule has 2 N–H and O–H groups in total. The minimum atomic E-state index is -1.44. The lowest BCUT2D eigenvalue weighted by Crippen LogP contribution is -2.27. The van der Waals surface area contributed by atoms with E-state index in [1.165, 1.54) is 25.0 Å². The Hall–Kier alpha value is -1.33. The van der Waals surface area contributed by atoms with Gasteiger partial charge in [0.2, 0.25) is 0 Å². The summed E-state index contributed by atoms with van der Waals surface area (Å²) in [5, 5.41) is 5.43. The summed E-state index contributed by atoms with van der Waals surface area (Å²) in [6.45, 7) is 6.54. The Morgan fingerprint density at radius 2 is 1.96 bits per heavy atom. The fourth-order valence-electron chi connectivity index (χ4n) is 3.08. The first-order chi connectivity index (χ1) is 11.0. The van der Waals surface area contributed by atoms with Crippen LogP contribution < -0.4 is 5.14 Å². The summed E-state index contributed by atoms with van der Waals surface area (Å²) in [6.07, 6.45) is 4.75. The van der Waals surface area contributed by atoms with Gasteiger partial charge >= 0.3 is 0 Å². The molecule has 3 unspecified atom stereocenters. The van der Waals surface area contributed by atoms with Crippen molar-refractivity contribution >= 4 is 16.7 Å². The maximum atomic E-state index is 11.4. The van der Waals surface area contributed by atoms with Crippen molar-refractivity contribution in [2.45, 2.75) is 57.6 Å². The number of benzene rings is 1. The molecule has 128 valence electrons. The molecule has 3 atom stereocenters. The van der Waals surface area contributed by atoms with Crippen molar-refractivity contribution in [2.75, 3.05) is 7.05 Å². The molecule has 0 bridgehead atoms. The van der Waals surface area contributed by atoms with Gasteiger partial charge in [-0.05, 0) is 44.0 Å². The molecule has 1 heterocycles. The first kappa shape index (κ1) is 18.0. The molecule has 5 heteroatoms. The van der Waals surface area contributed by atoms with Crippen molar-refractivity contribution in [3.8, 4) is 0 Å². The molecule has 0 amide bonds. The molecule has 1 aliphatic rings. The smallest absolute Gasteiger partial charge is 0.169 e. The fourth-order valence-corrected chi connectivity index (χ4v) is 3.48. The maximum absolute atomic E-state index is 11.4. The summed E-state index contributed by atoms with van der Waals surface area (Å²) >= 11 is 0. The quantitative estimate of drug-likeness (QED) is 0.822. The van der Waals surface area contributed by atoms with Crippen LogP contribution in [0, 0.1) is 5.92 Å². The van der Waals surface area contributed by atoms with E-state index in [1.807, 2.05) is 24.3 Å². The lowest BCUT2D eigenvalue weighted by molar-refractivity contribution is 0.0936. The Kier molecular flexibility index (Phi) is 6.25. The second kappa shape index (κ2) is 7.97. The Labute approximate surface area is 142 Å².